The average Bonchev–Trinajstić information content (AvgIpc) is 2.44. The highest BCUT2D eigenvalue weighted by atomic mass is 16.4. The van der Waals surface area contributed by atoms with E-state index in [1.54, 1.807) is 6.92 Å². The molecule has 0 radical (unpaired) electrons. The zero-order valence-electron chi connectivity index (χ0n) is 9.22. The highest BCUT2D eigenvalue weighted by molar-refractivity contribution is 5.83. The summed E-state index contributed by atoms with van der Waals surface area (Å²) in [4.78, 5) is 23.5. The van der Waals surface area contributed by atoms with E-state index in [-0.39, 0.29) is 11.9 Å². The number of aliphatic carboxylic acids is 1. The lowest BCUT2D eigenvalue weighted by Gasteiger charge is -2.20. The SMILES string of the molecule is CC1NC(N)N(CCCC(N)C(=O)O)C1=O. The average molecular weight is 230 g/mol. The van der Waals surface area contributed by atoms with Crippen LogP contribution in [0.3, 0.4) is 0 Å². The lowest BCUT2D eigenvalue weighted by molar-refractivity contribution is -0.138. The van der Waals surface area contributed by atoms with Gasteiger partial charge in [-0.2, -0.15) is 0 Å². The molecule has 1 saturated heterocycles. The Morgan fingerprint density at radius 1 is 1.69 bits per heavy atom. The number of hydrogen-bond acceptors (Lipinski definition) is 5. The summed E-state index contributed by atoms with van der Waals surface area (Å²) >= 11 is 0. The summed E-state index contributed by atoms with van der Waals surface area (Å²) in [5, 5.41) is 11.5. The molecule has 3 unspecified atom stereocenters. The number of amides is 1. The summed E-state index contributed by atoms with van der Waals surface area (Å²) in [5.74, 6) is -1.08. The first-order chi connectivity index (χ1) is 7.43. The molecule has 1 rings (SSSR count). The molecule has 0 bridgehead atoms. The first-order valence-electron chi connectivity index (χ1n) is 5.24. The van der Waals surface area contributed by atoms with Crippen LogP contribution in [0.25, 0.3) is 0 Å². The van der Waals surface area contributed by atoms with Gasteiger partial charge in [0.05, 0.1) is 6.04 Å². The van der Waals surface area contributed by atoms with Crippen LogP contribution in [-0.4, -0.2) is 46.8 Å². The van der Waals surface area contributed by atoms with Gasteiger partial charge in [-0.05, 0) is 19.8 Å². The highest BCUT2D eigenvalue weighted by Gasteiger charge is 2.33. The minimum absolute atomic E-state index is 0.0589. The maximum Gasteiger partial charge on any atom is 0.320 e. The minimum Gasteiger partial charge on any atom is -0.480 e. The van der Waals surface area contributed by atoms with Gasteiger partial charge in [-0.1, -0.05) is 0 Å². The summed E-state index contributed by atoms with van der Waals surface area (Å²) in [7, 11) is 0. The smallest absolute Gasteiger partial charge is 0.320 e. The van der Waals surface area contributed by atoms with Gasteiger partial charge in [-0.25, -0.2) is 0 Å². The van der Waals surface area contributed by atoms with Crippen LogP contribution in [0.5, 0.6) is 0 Å². The molecule has 7 heteroatoms. The Morgan fingerprint density at radius 3 is 2.75 bits per heavy atom. The highest BCUT2D eigenvalue weighted by Crippen LogP contribution is 2.08. The van der Waals surface area contributed by atoms with Gasteiger partial charge >= 0.3 is 5.97 Å². The Balaban J connectivity index is 2.33. The van der Waals surface area contributed by atoms with Crippen LogP contribution in [0.2, 0.25) is 0 Å². The van der Waals surface area contributed by atoms with Gasteiger partial charge in [0.2, 0.25) is 5.91 Å². The van der Waals surface area contributed by atoms with Crippen LogP contribution in [0.1, 0.15) is 19.8 Å². The molecule has 0 spiro atoms. The lowest BCUT2D eigenvalue weighted by atomic mass is 10.1. The number of carbonyl (C=O) groups is 2. The maximum absolute atomic E-state index is 11.6. The summed E-state index contributed by atoms with van der Waals surface area (Å²) in [6.07, 6.45) is 0.380. The molecule has 0 aliphatic carbocycles. The van der Waals surface area contributed by atoms with Gasteiger partial charge in [-0.3, -0.25) is 20.6 Å². The van der Waals surface area contributed by atoms with E-state index in [1.165, 1.54) is 4.90 Å². The fourth-order valence-corrected chi connectivity index (χ4v) is 1.66. The molecule has 1 aliphatic heterocycles. The Kier molecular flexibility index (Phi) is 4.22. The fourth-order valence-electron chi connectivity index (χ4n) is 1.66. The van der Waals surface area contributed by atoms with Crippen molar-refractivity contribution in [3.05, 3.63) is 0 Å². The monoisotopic (exact) mass is 230 g/mol. The fraction of sp³-hybridized carbons (Fsp3) is 0.778. The molecule has 92 valence electrons. The van der Waals surface area contributed by atoms with Crippen molar-refractivity contribution >= 4 is 11.9 Å². The van der Waals surface area contributed by atoms with E-state index in [2.05, 4.69) is 5.32 Å². The largest absolute Gasteiger partial charge is 0.480 e. The van der Waals surface area contributed by atoms with E-state index < -0.39 is 18.3 Å². The predicted molar refractivity (Wildman–Crippen MR) is 57.1 cm³/mol. The van der Waals surface area contributed by atoms with Gasteiger partial charge in [0, 0.05) is 6.54 Å². The summed E-state index contributed by atoms with van der Waals surface area (Å²) in [5.41, 5.74) is 11.0. The van der Waals surface area contributed by atoms with E-state index in [9.17, 15) is 9.59 Å². The van der Waals surface area contributed by atoms with E-state index in [4.69, 9.17) is 16.6 Å². The standard InChI is InChI=1S/C9H18N4O3/c1-5-7(14)13(9(11)12-5)4-2-3-6(10)8(15)16/h5-6,9,12H,2-4,10-11H2,1H3,(H,15,16). The normalized spacial score (nSPS) is 27.2. The van der Waals surface area contributed by atoms with Crippen molar-refractivity contribution in [3.8, 4) is 0 Å². The molecule has 16 heavy (non-hydrogen) atoms. The molecule has 0 aromatic heterocycles. The van der Waals surface area contributed by atoms with Gasteiger partial charge in [0.15, 0.2) is 0 Å². The second-order valence-electron chi connectivity index (χ2n) is 3.95. The van der Waals surface area contributed by atoms with Crippen LogP contribution in [0.15, 0.2) is 0 Å². The van der Waals surface area contributed by atoms with Crippen molar-refractivity contribution in [3.63, 3.8) is 0 Å². The van der Waals surface area contributed by atoms with Crippen LogP contribution in [0, 0.1) is 0 Å². The Morgan fingerprint density at radius 2 is 2.31 bits per heavy atom. The van der Waals surface area contributed by atoms with Crippen molar-refractivity contribution in [2.45, 2.75) is 38.1 Å². The molecule has 0 saturated carbocycles. The molecule has 1 amide bonds. The molecule has 7 nitrogen and oxygen atoms in total. The molecular weight excluding hydrogens is 212 g/mol. The summed E-state index contributed by atoms with van der Waals surface area (Å²) < 4.78 is 0. The van der Waals surface area contributed by atoms with Crippen LogP contribution in [-0.2, 0) is 9.59 Å². The molecule has 3 atom stereocenters. The van der Waals surface area contributed by atoms with Crippen LogP contribution < -0.4 is 16.8 Å². The van der Waals surface area contributed by atoms with Crippen molar-refractivity contribution in [2.75, 3.05) is 6.54 Å². The Hall–Kier alpha value is -1.18. The van der Waals surface area contributed by atoms with Gasteiger partial charge in [0.1, 0.15) is 12.3 Å². The minimum atomic E-state index is -1.02. The number of carboxylic acids is 1. The van der Waals surface area contributed by atoms with E-state index in [0.29, 0.717) is 19.4 Å². The third-order valence-corrected chi connectivity index (χ3v) is 2.64. The molecule has 1 fully saturated rings. The van der Waals surface area contributed by atoms with Crippen molar-refractivity contribution in [1.29, 1.82) is 0 Å². The molecular formula is C9H18N4O3. The molecule has 1 heterocycles. The number of nitrogens with zero attached hydrogens (tertiary/aromatic N) is 1. The van der Waals surface area contributed by atoms with E-state index in [0.717, 1.165) is 0 Å². The Labute approximate surface area is 93.8 Å². The number of carboxylic acid groups (broad SMARTS) is 1. The third kappa shape index (κ3) is 2.91. The third-order valence-electron chi connectivity index (χ3n) is 2.64. The van der Waals surface area contributed by atoms with Gasteiger partial charge in [0.25, 0.3) is 0 Å². The second-order valence-corrected chi connectivity index (χ2v) is 3.95. The molecule has 0 aromatic rings. The molecule has 6 N–H and O–H groups in total. The quantitative estimate of drug-likeness (QED) is 0.444. The number of hydrogen-bond donors (Lipinski definition) is 4. The van der Waals surface area contributed by atoms with Gasteiger partial charge in [-0.15, -0.1) is 0 Å². The zero-order chi connectivity index (χ0) is 12.3. The first-order valence-corrected chi connectivity index (χ1v) is 5.24. The van der Waals surface area contributed by atoms with Crippen molar-refractivity contribution in [2.24, 2.45) is 11.5 Å². The zero-order valence-corrected chi connectivity index (χ0v) is 9.22. The van der Waals surface area contributed by atoms with Crippen LogP contribution in [0.4, 0.5) is 0 Å². The van der Waals surface area contributed by atoms with Crippen molar-refractivity contribution < 1.29 is 14.7 Å². The lowest BCUT2D eigenvalue weighted by Crippen LogP contribution is -2.45. The summed E-state index contributed by atoms with van der Waals surface area (Å²) in [6.45, 7) is 2.17. The second kappa shape index (κ2) is 5.24. The summed E-state index contributed by atoms with van der Waals surface area (Å²) in [6, 6.07) is -1.15. The first kappa shape index (κ1) is 12.9. The van der Waals surface area contributed by atoms with Crippen molar-refractivity contribution in [1.82, 2.24) is 10.2 Å². The van der Waals surface area contributed by atoms with E-state index in [1.807, 2.05) is 0 Å². The van der Waals surface area contributed by atoms with Gasteiger partial charge < -0.3 is 15.7 Å². The molecule has 1 aliphatic rings. The number of carbonyl (C=O) groups excluding carboxylic acids is 1. The van der Waals surface area contributed by atoms with E-state index >= 15 is 0 Å². The molecule has 0 aromatic carbocycles. The number of nitrogens with one attached hydrogen (secondary N) is 1. The number of rotatable bonds is 5. The van der Waals surface area contributed by atoms with Crippen LogP contribution >= 0.6 is 0 Å². The number of nitrogens with two attached hydrogens (primary N) is 2. The Bertz CT molecular complexity index is 284. The topological polar surface area (TPSA) is 122 Å². The predicted octanol–water partition coefficient (Wildman–Crippen LogP) is -1.76. The maximum atomic E-state index is 11.6.